The molecule has 0 aromatic heterocycles. The molecule has 0 unspecified atom stereocenters. The third-order valence-corrected chi connectivity index (χ3v) is 3.33. The van der Waals surface area contributed by atoms with E-state index >= 15 is 0 Å². The van der Waals surface area contributed by atoms with Crippen LogP contribution in [0, 0.1) is 11.3 Å². The number of nitrogens with one attached hydrogen (secondary N) is 2. The predicted molar refractivity (Wildman–Crippen MR) is 80.4 cm³/mol. The highest BCUT2D eigenvalue weighted by Gasteiger charge is 2.34. The van der Waals surface area contributed by atoms with E-state index in [1.807, 2.05) is 10.9 Å². The van der Waals surface area contributed by atoms with Crippen LogP contribution in [0.5, 0.6) is 5.75 Å². The Morgan fingerprint density at radius 3 is 2.19 bits per heavy atom. The van der Waals surface area contributed by atoms with Gasteiger partial charge in [0.25, 0.3) is 5.91 Å². The van der Waals surface area contributed by atoms with Crippen LogP contribution in [0.25, 0.3) is 0 Å². The highest BCUT2D eigenvalue weighted by molar-refractivity contribution is 5.97. The summed E-state index contributed by atoms with van der Waals surface area (Å²) in [5.41, 5.74) is -0.0512. The van der Waals surface area contributed by atoms with Gasteiger partial charge in [-0.15, -0.1) is 0 Å². The van der Waals surface area contributed by atoms with Crippen LogP contribution >= 0.6 is 0 Å². The summed E-state index contributed by atoms with van der Waals surface area (Å²) in [6.07, 6.45) is -9.58. The second-order valence-electron chi connectivity index (χ2n) is 5.18. The molecule has 0 atom stereocenters. The molecule has 27 heavy (non-hydrogen) atoms. The normalized spacial score (nSPS) is 11.6. The van der Waals surface area contributed by atoms with E-state index in [0.29, 0.717) is 24.3 Å². The second kappa shape index (κ2) is 7.06. The Kier molecular flexibility index (Phi) is 5.21. The van der Waals surface area contributed by atoms with E-state index in [4.69, 9.17) is 5.26 Å². The number of anilines is 1. The van der Waals surface area contributed by atoms with Crippen LogP contribution in [0.3, 0.4) is 0 Å². The number of nitriles is 1. The summed E-state index contributed by atoms with van der Waals surface area (Å²) in [6.45, 7) is 0. The number of halogens is 6. The van der Waals surface area contributed by atoms with E-state index in [9.17, 15) is 36.2 Å². The highest BCUT2D eigenvalue weighted by Crippen LogP contribution is 2.35. The molecule has 0 aliphatic carbocycles. The Balaban J connectivity index is 2.23. The molecule has 2 aromatic rings. The smallest absolute Gasteiger partial charge is 0.418 e. The van der Waals surface area contributed by atoms with Crippen LogP contribution < -0.4 is 10.9 Å². The number of nitrogens with zero attached hydrogens (tertiary/aromatic N) is 1. The number of phenols is 1. The number of hydrogen-bond donors (Lipinski definition) is 3. The van der Waals surface area contributed by atoms with Crippen LogP contribution in [-0.2, 0) is 12.4 Å². The molecular weight excluding hydrogens is 380 g/mol. The Morgan fingerprint density at radius 1 is 1.00 bits per heavy atom. The number of hydrazine groups is 1. The van der Waals surface area contributed by atoms with Crippen molar-refractivity contribution in [1.29, 1.82) is 5.26 Å². The number of rotatable bonds is 3. The average Bonchev–Trinajstić information content (AvgIpc) is 2.57. The highest BCUT2D eigenvalue weighted by atomic mass is 19.4. The van der Waals surface area contributed by atoms with Gasteiger partial charge in [0.1, 0.15) is 5.75 Å². The van der Waals surface area contributed by atoms with Gasteiger partial charge in [-0.3, -0.25) is 15.6 Å². The summed E-state index contributed by atoms with van der Waals surface area (Å²) in [4.78, 5) is 11.9. The van der Waals surface area contributed by atoms with Crippen molar-refractivity contribution in [2.24, 2.45) is 0 Å². The van der Waals surface area contributed by atoms with Gasteiger partial charge in [0, 0.05) is 0 Å². The lowest BCUT2D eigenvalue weighted by Gasteiger charge is -2.16. The fourth-order valence-electron chi connectivity index (χ4n) is 2.05. The first-order valence-electron chi connectivity index (χ1n) is 7.01. The summed E-state index contributed by atoms with van der Waals surface area (Å²) in [7, 11) is 0. The quantitative estimate of drug-likeness (QED) is 0.546. The van der Waals surface area contributed by atoms with E-state index in [0.717, 1.165) is 12.1 Å². The minimum absolute atomic E-state index is 0.264. The summed E-state index contributed by atoms with van der Waals surface area (Å²) in [6, 6.07) is 5.60. The van der Waals surface area contributed by atoms with Gasteiger partial charge in [-0.1, -0.05) is 0 Å². The molecule has 0 aliphatic heterocycles. The number of carbonyl (C=O) groups is 1. The van der Waals surface area contributed by atoms with Gasteiger partial charge in [0.15, 0.2) is 0 Å². The zero-order valence-corrected chi connectivity index (χ0v) is 13.0. The number of phenolic OH excluding ortho intramolecular Hbond substituents is 1. The van der Waals surface area contributed by atoms with Gasteiger partial charge < -0.3 is 5.11 Å². The summed E-state index contributed by atoms with van der Waals surface area (Å²) >= 11 is 0. The number of benzene rings is 2. The summed E-state index contributed by atoms with van der Waals surface area (Å²) in [5, 5.41) is 18.3. The van der Waals surface area contributed by atoms with E-state index in [1.54, 1.807) is 6.07 Å². The molecule has 0 saturated heterocycles. The maximum Gasteiger partial charge on any atom is 0.418 e. The van der Waals surface area contributed by atoms with Crippen molar-refractivity contribution in [2.45, 2.75) is 12.4 Å². The molecule has 0 spiro atoms. The Labute approximate surface area is 147 Å². The summed E-state index contributed by atoms with van der Waals surface area (Å²) in [5.74, 6) is -2.17. The monoisotopic (exact) mass is 389 g/mol. The first-order valence-corrected chi connectivity index (χ1v) is 7.01. The maximum atomic E-state index is 13.0. The van der Waals surface area contributed by atoms with Gasteiger partial charge in [-0.25, -0.2) is 0 Å². The van der Waals surface area contributed by atoms with Gasteiger partial charge in [0.2, 0.25) is 0 Å². The molecular formula is C16H9F6N3O2. The average molecular weight is 389 g/mol. The second-order valence-corrected chi connectivity index (χ2v) is 5.18. The zero-order chi connectivity index (χ0) is 20.4. The molecule has 142 valence electrons. The lowest BCUT2D eigenvalue weighted by Crippen LogP contribution is -2.30. The molecule has 5 nitrogen and oxygen atoms in total. The molecule has 0 saturated carbocycles. The molecule has 0 aliphatic rings. The standard InChI is InChI=1S/C16H9F6N3O2/c17-15(18,19)9-2-3-10(13(26)6-9)14(27)25-24-12-4-1-8(7-23)5-11(12)16(20,21)22/h1-6,24,26H,(H,25,27). The van der Waals surface area contributed by atoms with Gasteiger partial charge in [0.05, 0.1) is 34.0 Å². The topological polar surface area (TPSA) is 85.2 Å². The molecule has 2 rings (SSSR count). The van der Waals surface area contributed by atoms with E-state index in [2.05, 4.69) is 0 Å². The molecule has 2 aromatic carbocycles. The van der Waals surface area contributed by atoms with Crippen LogP contribution in [0.15, 0.2) is 36.4 Å². The number of aromatic hydroxyl groups is 1. The molecule has 1 amide bonds. The first kappa shape index (κ1) is 19.9. The van der Waals surface area contributed by atoms with Crippen molar-refractivity contribution >= 4 is 11.6 Å². The Bertz CT molecular complexity index is 916. The van der Waals surface area contributed by atoms with Gasteiger partial charge in [-0.2, -0.15) is 31.6 Å². The van der Waals surface area contributed by atoms with Crippen molar-refractivity contribution in [3.63, 3.8) is 0 Å². The van der Waals surface area contributed by atoms with Crippen molar-refractivity contribution in [2.75, 3.05) is 5.43 Å². The maximum absolute atomic E-state index is 13.0. The van der Waals surface area contributed by atoms with Gasteiger partial charge >= 0.3 is 12.4 Å². The van der Waals surface area contributed by atoms with Crippen molar-refractivity contribution in [3.8, 4) is 11.8 Å². The SMILES string of the molecule is N#Cc1ccc(NNC(=O)c2ccc(C(F)(F)F)cc2O)c(C(F)(F)F)c1. The lowest BCUT2D eigenvalue weighted by atomic mass is 10.1. The molecule has 0 fully saturated rings. The minimum atomic E-state index is -4.84. The van der Waals surface area contributed by atoms with Gasteiger partial charge in [-0.05, 0) is 36.4 Å². The van der Waals surface area contributed by atoms with E-state index in [-0.39, 0.29) is 5.56 Å². The first-order chi connectivity index (χ1) is 12.4. The molecule has 11 heteroatoms. The minimum Gasteiger partial charge on any atom is -0.507 e. The fourth-order valence-corrected chi connectivity index (χ4v) is 2.05. The van der Waals surface area contributed by atoms with Crippen molar-refractivity contribution in [1.82, 2.24) is 5.43 Å². The lowest BCUT2D eigenvalue weighted by molar-refractivity contribution is -0.138. The fraction of sp³-hybridized carbons (Fsp3) is 0.125. The summed E-state index contributed by atoms with van der Waals surface area (Å²) < 4.78 is 76.7. The van der Waals surface area contributed by atoms with Crippen molar-refractivity contribution < 1.29 is 36.2 Å². The van der Waals surface area contributed by atoms with Crippen LogP contribution in [-0.4, -0.2) is 11.0 Å². The van der Waals surface area contributed by atoms with E-state index < -0.39 is 46.4 Å². The number of carbonyl (C=O) groups excluding carboxylic acids is 1. The molecule has 0 bridgehead atoms. The van der Waals surface area contributed by atoms with Crippen LogP contribution in [0.1, 0.15) is 27.0 Å². The van der Waals surface area contributed by atoms with Crippen LogP contribution in [0.2, 0.25) is 0 Å². The van der Waals surface area contributed by atoms with E-state index in [1.165, 1.54) is 0 Å². The van der Waals surface area contributed by atoms with Crippen molar-refractivity contribution in [3.05, 3.63) is 58.7 Å². The number of hydrogen-bond acceptors (Lipinski definition) is 4. The zero-order valence-electron chi connectivity index (χ0n) is 13.0. The third-order valence-electron chi connectivity index (χ3n) is 3.33. The predicted octanol–water partition coefficient (Wildman–Crippen LogP) is 4.06. The molecule has 0 heterocycles. The number of alkyl halides is 6. The largest absolute Gasteiger partial charge is 0.507 e. The Hall–Kier alpha value is -3.42. The number of amides is 1. The third kappa shape index (κ3) is 4.60. The van der Waals surface area contributed by atoms with Crippen LogP contribution in [0.4, 0.5) is 32.0 Å². The Morgan fingerprint density at radius 2 is 1.67 bits per heavy atom. The molecule has 3 N–H and O–H groups in total. The molecule has 0 radical (unpaired) electrons.